The monoisotopic (exact) mass is 418 g/mol. The number of anilines is 1. The summed E-state index contributed by atoms with van der Waals surface area (Å²) in [6.07, 6.45) is 9.52. The number of benzene rings is 1. The highest BCUT2D eigenvalue weighted by atomic mass is 16.4. The van der Waals surface area contributed by atoms with E-state index in [-0.39, 0.29) is 0 Å². The number of carbonyl (C=O) groups is 3. The summed E-state index contributed by atoms with van der Waals surface area (Å²) in [5.74, 6) is -2.39. The maximum Gasteiger partial charge on any atom is 0.414 e. The van der Waals surface area contributed by atoms with Gasteiger partial charge >= 0.3 is 11.9 Å². The van der Waals surface area contributed by atoms with Crippen LogP contribution in [0.2, 0.25) is 0 Å². The Morgan fingerprint density at radius 2 is 1.67 bits per heavy atom. The fourth-order valence-electron chi connectivity index (χ4n) is 4.19. The van der Waals surface area contributed by atoms with E-state index in [1.54, 1.807) is 0 Å². The van der Waals surface area contributed by atoms with Crippen molar-refractivity contribution in [1.82, 2.24) is 4.90 Å². The van der Waals surface area contributed by atoms with Crippen molar-refractivity contribution in [2.45, 2.75) is 58.3 Å². The highest BCUT2D eigenvalue weighted by Gasteiger charge is 2.24. The Morgan fingerprint density at radius 1 is 1.00 bits per heavy atom. The Labute approximate surface area is 178 Å². The number of likely N-dealkylation sites (tertiary alicyclic amines) is 1. The number of rotatable bonds is 7. The van der Waals surface area contributed by atoms with Crippen molar-refractivity contribution in [1.29, 1.82) is 0 Å². The van der Waals surface area contributed by atoms with E-state index in [2.05, 4.69) is 30.0 Å². The van der Waals surface area contributed by atoms with Crippen LogP contribution in [-0.4, -0.2) is 59.1 Å². The van der Waals surface area contributed by atoms with Crippen molar-refractivity contribution in [2.75, 3.05) is 31.1 Å². The Balaban J connectivity index is 0.000000469. The molecule has 0 aliphatic carbocycles. The van der Waals surface area contributed by atoms with Crippen LogP contribution in [0.1, 0.15) is 57.4 Å². The topological polar surface area (TPSA) is 98.2 Å². The molecular formula is C23H34N2O5. The summed E-state index contributed by atoms with van der Waals surface area (Å²) < 4.78 is 0. The number of nitrogens with zero attached hydrogens (tertiary/aromatic N) is 2. The van der Waals surface area contributed by atoms with E-state index in [4.69, 9.17) is 19.8 Å². The lowest BCUT2D eigenvalue weighted by Gasteiger charge is -2.33. The van der Waals surface area contributed by atoms with Gasteiger partial charge in [0.2, 0.25) is 5.91 Å². The molecule has 1 amide bonds. The molecule has 2 heterocycles. The maximum atomic E-state index is 12.3. The van der Waals surface area contributed by atoms with Crippen molar-refractivity contribution in [3.63, 3.8) is 0 Å². The Hall–Kier alpha value is -2.41. The Bertz CT molecular complexity index is 701. The number of unbranched alkanes of at least 4 members (excludes halogenated alkanes) is 1. The lowest BCUT2D eigenvalue weighted by Crippen LogP contribution is -2.39. The lowest BCUT2D eigenvalue weighted by atomic mass is 9.91. The number of carboxylic acids is 2. The minimum Gasteiger partial charge on any atom is -0.473 e. The zero-order valence-corrected chi connectivity index (χ0v) is 17.9. The molecule has 2 aliphatic heterocycles. The summed E-state index contributed by atoms with van der Waals surface area (Å²) in [5, 5.41) is 14.8. The second kappa shape index (κ2) is 12.3. The van der Waals surface area contributed by atoms with Crippen LogP contribution in [0.5, 0.6) is 0 Å². The first-order chi connectivity index (χ1) is 14.4. The molecule has 0 atom stereocenters. The van der Waals surface area contributed by atoms with Gasteiger partial charge in [-0.1, -0.05) is 44.4 Å². The van der Waals surface area contributed by atoms with Crippen LogP contribution in [0.25, 0.3) is 0 Å². The van der Waals surface area contributed by atoms with E-state index in [1.165, 1.54) is 50.8 Å². The van der Waals surface area contributed by atoms with Gasteiger partial charge in [-0.2, -0.15) is 0 Å². The predicted octanol–water partition coefficient (Wildman–Crippen LogP) is 3.41. The van der Waals surface area contributed by atoms with Gasteiger partial charge in [0, 0.05) is 18.7 Å². The van der Waals surface area contributed by atoms with Crippen molar-refractivity contribution >= 4 is 23.5 Å². The molecule has 2 aliphatic rings. The number of aryl methyl sites for hydroxylation is 1. The van der Waals surface area contributed by atoms with Gasteiger partial charge in [-0.05, 0) is 62.9 Å². The lowest BCUT2D eigenvalue weighted by molar-refractivity contribution is -0.159. The molecular weight excluding hydrogens is 384 g/mol. The molecule has 0 bridgehead atoms. The van der Waals surface area contributed by atoms with Crippen LogP contribution in [-0.2, 0) is 20.8 Å². The number of para-hydroxylation sites is 1. The highest BCUT2D eigenvalue weighted by molar-refractivity contribution is 6.27. The molecule has 1 fully saturated rings. The van der Waals surface area contributed by atoms with Crippen molar-refractivity contribution in [2.24, 2.45) is 5.92 Å². The zero-order chi connectivity index (χ0) is 21.9. The van der Waals surface area contributed by atoms with E-state index < -0.39 is 11.9 Å². The van der Waals surface area contributed by atoms with Crippen LogP contribution in [0, 0.1) is 5.92 Å². The van der Waals surface area contributed by atoms with Crippen molar-refractivity contribution < 1.29 is 24.6 Å². The first-order valence-corrected chi connectivity index (χ1v) is 11.0. The average molecular weight is 419 g/mol. The number of amides is 1. The summed E-state index contributed by atoms with van der Waals surface area (Å²) in [6, 6.07) is 8.39. The molecule has 0 unspecified atom stereocenters. The third kappa shape index (κ3) is 7.44. The molecule has 7 nitrogen and oxygen atoms in total. The molecule has 166 valence electrons. The number of fused-ring (bicyclic) bond motifs is 1. The summed E-state index contributed by atoms with van der Waals surface area (Å²) in [7, 11) is 0. The van der Waals surface area contributed by atoms with Crippen LogP contribution in [0.15, 0.2) is 24.3 Å². The van der Waals surface area contributed by atoms with Gasteiger partial charge in [0.1, 0.15) is 0 Å². The number of carbonyl (C=O) groups excluding carboxylic acids is 1. The fraction of sp³-hybridized carbons (Fsp3) is 0.609. The van der Waals surface area contributed by atoms with E-state index in [9.17, 15) is 4.79 Å². The molecule has 1 aromatic rings. The van der Waals surface area contributed by atoms with E-state index in [1.807, 2.05) is 11.0 Å². The Morgan fingerprint density at radius 3 is 2.30 bits per heavy atom. The van der Waals surface area contributed by atoms with Crippen LogP contribution < -0.4 is 4.90 Å². The third-order valence-corrected chi connectivity index (χ3v) is 5.90. The molecule has 3 rings (SSSR count). The minimum absolute atomic E-state index is 0.298. The molecule has 30 heavy (non-hydrogen) atoms. The van der Waals surface area contributed by atoms with Crippen LogP contribution >= 0.6 is 0 Å². The normalized spacial score (nSPS) is 17.1. The van der Waals surface area contributed by atoms with Gasteiger partial charge in [0.05, 0.1) is 0 Å². The number of piperidine rings is 1. The number of aliphatic carboxylic acids is 2. The molecule has 2 N–H and O–H groups in total. The standard InChI is InChI=1S/C21H32N2O.C2H2O4/c1-2-3-7-18-12-16-22(17-13-18)14-6-15-23-20-9-5-4-8-19(20)10-11-21(23)24;3-1(4)2(5)6/h4-5,8-9,18H,2-3,6-7,10-17H2,1H3;(H,3,4)(H,5,6). The quantitative estimate of drug-likeness (QED) is 0.659. The van der Waals surface area contributed by atoms with Gasteiger partial charge in [0.25, 0.3) is 0 Å². The second-order valence-electron chi connectivity index (χ2n) is 8.07. The number of hydrogen-bond donors (Lipinski definition) is 2. The molecule has 0 spiro atoms. The molecule has 0 saturated carbocycles. The van der Waals surface area contributed by atoms with Crippen molar-refractivity contribution in [3.8, 4) is 0 Å². The highest BCUT2D eigenvalue weighted by Crippen LogP contribution is 2.28. The van der Waals surface area contributed by atoms with E-state index >= 15 is 0 Å². The zero-order valence-electron chi connectivity index (χ0n) is 17.9. The summed E-state index contributed by atoms with van der Waals surface area (Å²) in [6.45, 7) is 6.78. The summed E-state index contributed by atoms with van der Waals surface area (Å²) >= 11 is 0. The van der Waals surface area contributed by atoms with Crippen LogP contribution in [0.4, 0.5) is 5.69 Å². The van der Waals surface area contributed by atoms with Gasteiger partial charge in [-0.25, -0.2) is 9.59 Å². The van der Waals surface area contributed by atoms with Crippen LogP contribution in [0.3, 0.4) is 0 Å². The molecule has 7 heteroatoms. The Kier molecular flexibility index (Phi) is 9.80. The summed E-state index contributed by atoms with van der Waals surface area (Å²) in [5.41, 5.74) is 2.47. The second-order valence-corrected chi connectivity index (χ2v) is 8.07. The maximum absolute atomic E-state index is 12.3. The number of carboxylic acid groups (broad SMARTS) is 2. The SMILES string of the molecule is CCCCC1CCN(CCCN2C(=O)CCc3ccccc32)CC1.O=C(O)C(=O)O. The van der Waals surface area contributed by atoms with Gasteiger partial charge in [-0.3, -0.25) is 4.79 Å². The average Bonchev–Trinajstić information content (AvgIpc) is 2.75. The fourth-order valence-corrected chi connectivity index (χ4v) is 4.19. The molecule has 1 aromatic carbocycles. The van der Waals surface area contributed by atoms with Crippen molar-refractivity contribution in [3.05, 3.63) is 29.8 Å². The van der Waals surface area contributed by atoms with Gasteiger partial charge < -0.3 is 20.0 Å². The molecule has 0 aromatic heterocycles. The van der Waals surface area contributed by atoms with E-state index in [0.717, 1.165) is 37.5 Å². The van der Waals surface area contributed by atoms with Gasteiger partial charge in [-0.15, -0.1) is 0 Å². The number of hydrogen-bond acceptors (Lipinski definition) is 4. The first-order valence-electron chi connectivity index (χ1n) is 11.0. The first kappa shape index (κ1) is 23.9. The largest absolute Gasteiger partial charge is 0.473 e. The van der Waals surface area contributed by atoms with Gasteiger partial charge in [0.15, 0.2) is 0 Å². The van der Waals surface area contributed by atoms with E-state index in [0.29, 0.717) is 12.3 Å². The molecule has 1 saturated heterocycles. The predicted molar refractivity (Wildman–Crippen MR) is 116 cm³/mol. The third-order valence-electron chi connectivity index (χ3n) is 5.90. The minimum atomic E-state index is -1.82. The smallest absolute Gasteiger partial charge is 0.414 e. The molecule has 0 radical (unpaired) electrons. The summed E-state index contributed by atoms with van der Waals surface area (Å²) in [4.78, 5) is 35.1.